The van der Waals surface area contributed by atoms with Gasteiger partial charge >= 0.3 is 0 Å². The molecule has 0 spiro atoms. The number of morpholine rings is 1. The number of terminal acetylenes is 1. The predicted molar refractivity (Wildman–Crippen MR) is 52.6 cm³/mol. The van der Waals surface area contributed by atoms with E-state index in [9.17, 15) is 0 Å². The van der Waals surface area contributed by atoms with Crippen LogP contribution in [0.3, 0.4) is 0 Å². The molecule has 12 heavy (non-hydrogen) atoms. The molecule has 0 aromatic rings. The SMILES string of the molecule is C#CCN1CCOC(C)(C)C1.Cl. The monoisotopic (exact) mass is 189 g/mol. The minimum absolute atomic E-state index is 0. The van der Waals surface area contributed by atoms with E-state index in [1.165, 1.54) is 0 Å². The Hall–Kier alpha value is -0.230. The second-order valence-corrected chi connectivity index (χ2v) is 3.52. The predicted octanol–water partition coefficient (Wildman–Crippen LogP) is 1.15. The molecular weight excluding hydrogens is 174 g/mol. The zero-order valence-corrected chi connectivity index (χ0v) is 8.49. The quantitative estimate of drug-likeness (QED) is 0.574. The molecule has 0 bridgehead atoms. The molecule has 0 aromatic heterocycles. The molecule has 0 amide bonds. The van der Waals surface area contributed by atoms with Crippen molar-refractivity contribution >= 4 is 12.4 Å². The molecule has 0 saturated carbocycles. The first-order valence-corrected chi connectivity index (χ1v) is 3.94. The van der Waals surface area contributed by atoms with Crippen molar-refractivity contribution in [3.63, 3.8) is 0 Å². The van der Waals surface area contributed by atoms with E-state index in [0.29, 0.717) is 0 Å². The van der Waals surface area contributed by atoms with Crippen LogP contribution in [0.4, 0.5) is 0 Å². The molecular formula is C9H16ClNO. The zero-order chi connectivity index (χ0) is 8.32. The lowest BCUT2D eigenvalue weighted by atomic mass is 10.1. The zero-order valence-electron chi connectivity index (χ0n) is 7.67. The largest absolute Gasteiger partial charge is 0.373 e. The lowest BCUT2D eigenvalue weighted by Crippen LogP contribution is -2.48. The summed E-state index contributed by atoms with van der Waals surface area (Å²) in [6.45, 7) is 7.64. The second kappa shape index (κ2) is 4.71. The van der Waals surface area contributed by atoms with E-state index in [1.807, 2.05) is 0 Å². The standard InChI is InChI=1S/C9H15NO.ClH/c1-4-5-10-6-7-11-9(2,3)8-10;/h1H,5-8H2,2-3H3;1H. The van der Waals surface area contributed by atoms with E-state index >= 15 is 0 Å². The number of halogens is 1. The van der Waals surface area contributed by atoms with Crippen molar-refractivity contribution in [1.82, 2.24) is 4.90 Å². The van der Waals surface area contributed by atoms with Gasteiger partial charge in [0.2, 0.25) is 0 Å². The summed E-state index contributed by atoms with van der Waals surface area (Å²) in [5, 5.41) is 0. The maximum atomic E-state index is 5.53. The van der Waals surface area contributed by atoms with Crippen LogP contribution in [-0.2, 0) is 4.74 Å². The molecule has 3 heteroatoms. The van der Waals surface area contributed by atoms with Crippen molar-refractivity contribution in [3.8, 4) is 12.3 Å². The molecule has 1 fully saturated rings. The molecule has 0 aliphatic carbocycles. The Morgan fingerprint density at radius 1 is 1.58 bits per heavy atom. The Balaban J connectivity index is 0.00000121. The molecule has 0 radical (unpaired) electrons. The van der Waals surface area contributed by atoms with Gasteiger partial charge in [-0.05, 0) is 13.8 Å². The van der Waals surface area contributed by atoms with Crippen LogP contribution in [0.5, 0.6) is 0 Å². The van der Waals surface area contributed by atoms with Gasteiger partial charge in [0.15, 0.2) is 0 Å². The van der Waals surface area contributed by atoms with Gasteiger partial charge < -0.3 is 4.74 Å². The molecule has 0 unspecified atom stereocenters. The fourth-order valence-corrected chi connectivity index (χ4v) is 1.38. The fourth-order valence-electron chi connectivity index (χ4n) is 1.38. The summed E-state index contributed by atoms with van der Waals surface area (Å²) in [4.78, 5) is 2.24. The van der Waals surface area contributed by atoms with E-state index in [0.717, 1.165) is 26.2 Å². The summed E-state index contributed by atoms with van der Waals surface area (Å²) in [6.07, 6.45) is 5.22. The van der Waals surface area contributed by atoms with Gasteiger partial charge in [-0.3, -0.25) is 4.90 Å². The summed E-state index contributed by atoms with van der Waals surface area (Å²) in [7, 11) is 0. The van der Waals surface area contributed by atoms with Crippen molar-refractivity contribution in [2.45, 2.75) is 19.4 Å². The minimum atomic E-state index is -0.0188. The first-order chi connectivity index (χ1) is 5.14. The van der Waals surface area contributed by atoms with Crippen molar-refractivity contribution < 1.29 is 4.74 Å². The van der Waals surface area contributed by atoms with Gasteiger partial charge in [-0.15, -0.1) is 18.8 Å². The van der Waals surface area contributed by atoms with Gasteiger partial charge in [-0.25, -0.2) is 0 Å². The normalized spacial score (nSPS) is 22.4. The number of ether oxygens (including phenoxy) is 1. The van der Waals surface area contributed by atoms with Gasteiger partial charge in [0.1, 0.15) is 0 Å². The first-order valence-electron chi connectivity index (χ1n) is 3.94. The van der Waals surface area contributed by atoms with Gasteiger partial charge in [-0.2, -0.15) is 0 Å². The van der Waals surface area contributed by atoms with Crippen molar-refractivity contribution in [1.29, 1.82) is 0 Å². The summed E-state index contributed by atoms with van der Waals surface area (Å²) in [6, 6.07) is 0. The van der Waals surface area contributed by atoms with Crippen molar-refractivity contribution in [2.75, 3.05) is 26.2 Å². The molecule has 1 heterocycles. The summed E-state index contributed by atoms with van der Waals surface area (Å²) in [5.74, 6) is 2.65. The number of nitrogens with zero attached hydrogens (tertiary/aromatic N) is 1. The fraction of sp³-hybridized carbons (Fsp3) is 0.778. The molecule has 2 nitrogen and oxygen atoms in total. The van der Waals surface area contributed by atoms with E-state index in [1.54, 1.807) is 0 Å². The lowest BCUT2D eigenvalue weighted by Gasteiger charge is -2.37. The van der Waals surface area contributed by atoms with Gasteiger partial charge in [0, 0.05) is 13.1 Å². The molecule has 0 aromatic carbocycles. The van der Waals surface area contributed by atoms with Crippen LogP contribution in [0.1, 0.15) is 13.8 Å². The molecule has 0 N–H and O–H groups in total. The molecule has 1 aliphatic heterocycles. The Morgan fingerprint density at radius 2 is 2.25 bits per heavy atom. The van der Waals surface area contributed by atoms with Crippen LogP contribution in [0.15, 0.2) is 0 Å². The van der Waals surface area contributed by atoms with Gasteiger partial charge in [0.25, 0.3) is 0 Å². The highest BCUT2D eigenvalue weighted by Crippen LogP contribution is 2.15. The number of rotatable bonds is 1. The average Bonchev–Trinajstić information content (AvgIpc) is 1.85. The molecule has 1 rings (SSSR count). The third-order valence-corrected chi connectivity index (χ3v) is 1.82. The highest BCUT2D eigenvalue weighted by atomic mass is 35.5. The van der Waals surface area contributed by atoms with Crippen LogP contribution in [-0.4, -0.2) is 36.7 Å². The van der Waals surface area contributed by atoms with Gasteiger partial charge in [-0.1, -0.05) is 5.92 Å². The third kappa shape index (κ3) is 3.44. The third-order valence-electron chi connectivity index (χ3n) is 1.82. The van der Waals surface area contributed by atoms with E-state index < -0.39 is 0 Å². The maximum Gasteiger partial charge on any atom is 0.0753 e. The lowest BCUT2D eigenvalue weighted by molar-refractivity contribution is -0.0824. The van der Waals surface area contributed by atoms with Gasteiger partial charge in [0.05, 0.1) is 18.8 Å². The Bertz CT molecular complexity index is 174. The molecule has 70 valence electrons. The Morgan fingerprint density at radius 3 is 2.75 bits per heavy atom. The number of hydrogen-bond donors (Lipinski definition) is 0. The van der Waals surface area contributed by atoms with Crippen molar-refractivity contribution in [3.05, 3.63) is 0 Å². The highest BCUT2D eigenvalue weighted by molar-refractivity contribution is 5.85. The molecule has 0 atom stereocenters. The first kappa shape index (κ1) is 11.8. The summed E-state index contributed by atoms with van der Waals surface area (Å²) >= 11 is 0. The molecule has 1 saturated heterocycles. The van der Waals surface area contributed by atoms with Crippen LogP contribution in [0, 0.1) is 12.3 Å². The second-order valence-electron chi connectivity index (χ2n) is 3.52. The molecule has 1 aliphatic rings. The summed E-state index contributed by atoms with van der Waals surface area (Å²) < 4.78 is 5.53. The average molecular weight is 190 g/mol. The highest BCUT2D eigenvalue weighted by Gasteiger charge is 2.26. The van der Waals surface area contributed by atoms with E-state index in [4.69, 9.17) is 11.2 Å². The van der Waals surface area contributed by atoms with Crippen LogP contribution >= 0.6 is 12.4 Å². The minimum Gasteiger partial charge on any atom is -0.373 e. The van der Waals surface area contributed by atoms with E-state index in [2.05, 4.69) is 24.7 Å². The van der Waals surface area contributed by atoms with Crippen molar-refractivity contribution in [2.24, 2.45) is 0 Å². The maximum absolute atomic E-state index is 5.53. The Kier molecular flexibility index (Phi) is 4.62. The summed E-state index contributed by atoms with van der Waals surface area (Å²) in [5.41, 5.74) is -0.0188. The Labute approximate surface area is 80.7 Å². The number of hydrogen-bond acceptors (Lipinski definition) is 2. The smallest absolute Gasteiger partial charge is 0.0753 e. The van der Waals surface area contributed by atoms with Crippen LogP contribution < -0.4 is 0 Å². The van der Waals surface area contributed by atoms with E-state index in [-0.39, 0.29) is 18.0 Å². The topological polar surface area (TPSA) is 12.5 Å². The van der Waals surface area contributed by atoms with Crippen LogP contribution in [0.25, 0.3) is 0 Å². The van der Waals surface area contributed by atoms with Crippen LogP contribution in [0.2, 0.25) is 0 Å².